The number of nitrogens with one attached hydrogen (secondary N) is 2. The number of rotatable bonds is 37. The molecule has 1 aliphatic carbocycles. The van der Waals surface area contributed by atoms with Crippen molar-refractivity contribution in [3.8, 4) is 0 Å². The highest BCUT2D eigenvalue weighted by atomic mass is 16.3. The predicted molar refractivity (Wildman–Crippen MR) is 277 cm³/mol. The summed E-state index contributed by atoms with van der Waals surface area (Å²) in [4.78, 5) is 17.2. The third kappa shape index (κ3) is 22.5. The van der Waals surface area contributed by atoms with Crippen molar-refractivity contribution < 1.29 is 14.5 Å². The first-order valence-corrected chi connectivity index (χ1v) is 28.7. The molecule has 2 aliphatic heterocycles. The van der Waals surface area contributed by atoms with E-state index in [0.717, 1.165) is 51.6 Å². The summed E-state index contributed by atoms with van der Waals surface area (Å²) in [5, 5.41) is 22.6. The number of hydrogen-bond donors (Lipinski definition) is 2. The van der Waals surface area contributed by atoms with E-state index in [9.17, 15) is 9.90 Å². The molecule has 0 amide bonds. The van der Waals surface area contributed by atoms with Crippen LogP contribution in [0.2, 0.25) is 0 Å². The van der Waals surface area contributed by atoms with Gasteiger partial charge in [0.15, 0.2) is 6.04 Å². The summed E-state index contributed by atoms with van der Waals surface area (Å²) in [6, 6.07) is -0.0819. The second-order valence-electron chi connectivity index (χ2n) is 24.6. The molecule has 0 aromatic carbocycles. The van der Waals surface area contributed by atoms with Crippen LogP contribution in [0, 0.1) is 0 Å². The quantitative estimate of drug-likeness (QED) is 0.0480. The molecular formula is C58H112N4O2. The van der Waals surface area contributed by atoms with Crippen LogP contribution in [0.15, 0.2) is 0 Å². The van der Waals surface area contributed by atoms with Crippen LogP contribution in [0.3, 0.4) is 0 Å². The minimum Gasteiger partial charge on any atom is -0.843 e. The molecule has 64 heavy (non-hydrogen) atoms. The molecule has 2 heterocycles. The van der Waals surface area contributed by atoms with Crippen LogP contribution in [0.5, 0.6) is 0 Å². The van der Waals surface area contributed by atoms with E-state index in [1.807, 2.05) is 0 Å². The summed E-state index contributed by atoms with van der Waals surface area (Å²) >= 11 is 0. The number of piperidine rings is 2. The van der Waals surface area contributed by atoms with Crippen molar-refractivity contribution in [2.75, 3.05) is 13.1 Å². The Balaban J connectivity index is 1.55. The molecule has 1 saturated carbocycles. The van der Waals surface area contributed by atoms with Crippen molar-refractivity contribution >= 4 is 11.5 Å². The van der Waals surface area contributed by atoms with E-state index in [1.54, 1.807) is 0 Å². The molecule has 0 bridgehead atoms. The highest BCUT2D eigenvalue weighted by Gasteiger charge is 2.54. The molecule has 0 aromatic rings. The zero-order chi connectivity index (χ0) is 46.9. The van der Waals surface area contributed by atoms with Crippen molar-refractivity contribution in [3.63, 3.8) is 0 Å². The van der Waals surface area contributed by atoms with Crippen LogP contribution < -0.4 is 15.7 Å². The molecule has 0 aromatic heterocycles. The zero-order valence-electron chi connectivity index (χ0n) is 44.9. The molecule has 2 unspecified atom stereocenters. The molecule has 2 N–H and O–H groups in total. The van der Waals surface area contributed by atoms with Gasteiger partial charge in [0, 0.05) is 47.5 Å². The number of ketones is 1. The second-order valence-corrected chi connectivity index (χ2v) is 24.6. The van der Waals surface area contributed by atoms with Crippen molar-refractivity contribution in [2.45, 2.75) is 347 Å². The lowest BCUT2D eigenvalue weighted by Crippen LogP contribution is -2.76. The van der Waals surface area contributed by atoms with E-state index < -0.39 is 12.1 Å². The lowest BCUT2D eigenvalue weighted by molar-refractivity contribution is -0.584. The minimum atomic E-state index is -0.961. The topological polar surface area (TPSA) is 70.4 Å². The average Bonchev–Trinajstić information content (AvgIpc) is 3.20. The number of nitrogens with zero attached hydrogens (tertiary/aromatic N) is 2. The Morgan fingerprint density at radius 1 is 0.469 bits per heavy atom. The normalized spacial score (nSPS) is 22.9. The summed E-state index contributed by atoms with van der Waals surface area (Å²) in [5.41, 5.74) is 0.450. The van der Waals surface area contributed by atoms with Gasteiger partial charge in [-0.1, -0.05) is 200 Å². The van der Waals surface area contributed by atoms with Crippen molar-refractivity contribution in [1.82, 2.24) is 15.5 Å². The Morgan fingerprint density at radius 3 is 1.09 bits per heavy atom. The molecular weight excluding hydrogens is 785 g/mol. The van der Waals surface area contributed by atoms with Crippen molar-refractivity contribution in [2.24, 2.45) is 0 Å². The van der Waals surface area contributed by atoms with Gasteiger partial charge in [-0.25, -0.2) is 4.58 Å². The van der Waals surface area contributed by atoms with Crippen LogP contribution in [0.1, 0.15) is 300 Å². The first-order chi connectivity index (χ1) is 30.5. The number of carbonyl (C=O) groups is 1. The number of Topliss-reactive ketones (excluding diaryl/α,β-unsaturated/α-hetero) is 1. The third-order valence-electron chi connectivity index (χ3n) is 15.5. The van der Waals surface area contributed by atoms with Crippen LogP contribution in [-0.2, 0) is 4.79 Å². The van der Waals surface area contributed by atoms with Gasteiger partial charge in [-0.2, -0.15) is 0 Å². The summed E-state index contributed by atoms with van der Waals surface area (Å²) in [7, 11) is 0. The second kappa shape index (κ2) is 30.6. The van der Waals surface area contributed by atoms with E-state index in [0.29, 0.717) is 5.71 Å². The van der Waals surface area contributed by atoms with Crippen molar-refractivity contribution in [3.05, 3.63) is 0 Å². The van der Waals surface area contributed by atoms with E-state index in [2.05, 4.69) is 89.3 Å². The standard InChI is InChI=1S/C58H112N4O2/c1-11-13-15-17-19-21-23-25-27-29-31-33-35-37-39-41-43-61(49-45-55(3,4)59-56(5,6)46-49)51-53(63)52(54(51)64)62(50-47-57(7,8)60-58(9,10)48-50)44-42-40-38-36-34-32-30-28-26-24-22-20-18-16-14-12-2/h49-51,53,59-60H,11-48H2,1-10H3. The van der Waals surface area contributed by atoms with Crippen LogP contribution in [0.25, 0.3) is 0 Å². The Hall–Kier alpha value is -0.820. The van der Waals surface area contributed by atoms with Gasteiger partial charge in [-0.3, -0.25) is 9.69 Å². The fourth-order valence-corrected chi connectivity index (χ4v) is 12.8. The lowest BCUT2D eigenvalue weighted by Gasteiger charge is -2.55. The van der Waals surface area contributed by atoms with Gasteiger partial charge in [0.05, 0.1) is 6.04 Å². The monoisotopic (exact) mass is 897 g/mol. The molecule has 3 fully saturated rings. The Kier molecular flexibility index (Phi) is 27.5. The molecule has 0 spiro atoms. The van der Waals surface area contributed by atoms with E-state index in [4.69, 9.17) is 0 Å². The SMILES string of the molecule is CCCCCCCCCCCCCCCCCCN(C1CC(C)(C)NC(C)(C)C1)C1C(=O)C(=[N+](CCCCCCCCCCCCCCCCCC)C2CC(C)(C)NC(C)(C)C2)C1[O-]. The maximum Gasteiger partial charge on any atom is 0.236 e. The Labute approximate surface area is 399 Å². The number of unbranched alkanes of at least 4 members (excludes halogenated alkanes) is 30. The lowest BCUT2D eigenvalue weighted by atomic mass is 9.75. The zero-order valence-corrected chi connectivity index (χ0v) is 44.9. The first kappa shape index (κ1) is 57.5. The van der Waals surface area contributed by atoms with E-state index in [-0.39, 0.29) is 40.0 Å². The molecule has 2 atom stereocenters. The maximum atomic E-state index is 14.8. The molecule has 0 radical (unpaired) electrons. The van der Waals surface area contributed by atoms with E-state index in [1.165, 1.54) is 193 Å². The summed E-state index contributed by atoms with van der Waals surface area (Å²) < 4.78 is 2.38. The molecule has 6 nitrogen and oxygen atoms in total. The molecule has 3 aliphatic rings. The highest BCUT2D eigenvalue weighted by Crippen LogP contribution is 2.37. The smallest absolute Gasteiger partial charge is 0.236 e. The molecule has 3 rings (SSSR count). The van der Waals surface area contributed by atoms with E-state index >= 15 is 0 Å². The first-order valence-electron chi connectivity index (χ1n) is 28.7. The predicted octanol–water partition coefficient (Wildman–Crippen LogP) is 14.6. The third-order valence-corrected chi connectivity index (χ3v) is 15.5. The minimum absolute atomic E-state index is 0.0391. The fourth-order valence-electron chi connectivity index (χ4n) is 12.8. The van der Waals surface area contributed by atoms with Crippen LogP contribution in [-0.4, -0.2) is 80.4 Å². The van der Waals surface area contributed by atoms with Crippen LogP contribution >= 0.6 is 0 Å². The largest absolute Gasteiger partial charge is 0.843 e. The number of carbonyl (C=O) groups excluding carboxylic acids is 1. The van der Waals surface area contributed by atoms with Gasteiger partial charge in [0.2, 0.25) is 11.5 Å². The summed E-state index contributed by atoms with van der Waals surface area (Å²) in [6.07, 6.45) is 46.2. The fraction of sp³-hybridized carbons (Fsp3) is 0.966. The Bertz CT molecular complexity index is 1240. The molecule has 6 heteroatoms. The summed E-state index contributed by atoms with van der Waals surface area (Å²) in [5.74, 6) is 0.149. The van der Waals surface area contributed by atoms with Gasteiger partial charge in [0.25, 0.3) is 0 Å². The maximum absolute atomic E-state index is 14.8. The van der Waals surface area contributed by atoms with Gasteiger partial charge in [-0.15, -0.1) is 0 Å². The van der Waals surface area contributed by atoms with Gasteiger partial charge >= 0.3 is 0 Å². The number of hydrogen-bond acceptors (Lipinski definition) is 5. The average molecular weight is 898 g/mol. The van der Waals surface area contributed by atoms with Crippen LogP contribution in [0.4, 0.5) is 0 Å². The van der Waals surface area contributed by atoms with Crippen molar-refractivity contribution in [1.29, 1.82) is 0 Å². The highest BCUT2D eigenvalue weighted by molar-refractivity contribution is 6.48. The van der Waals surface area contributed by atoms with Gasteiger partial charge in [-0.05, 0) is 93.7 Å². The van der Waals surface area contributed by atoms with Gasteiger partial charge in [0.1, 0.15) is 6.54 Å². The van der Waals surface area contributed by atoms with Gasteiger partial charge < -0.3 is 15.7 Å². The molecule has 2 saturated heterocycles. The Morgan fingerprint density at radius 2 is 0.766 bits per heavy atom. The summed E-state index contributed by atoms with van der Waals surface area (Å²) in [6.45, 7) is 24.8. The molecule has 376 valence electrons.